The van der Waals surface area contributed by atoms with Crippen LogP contribution in [0.15, 0.2) is 0 Å². The van der Waals surface area contributed by atoms with E-state index in [-0.39, 0.29) is 11.2 Å². The van der Waals surface area contributed by atoms with Crippen LogP contribution in [0.4, 0.5) is 0 Å². The van der Waals surface area contributed by atoms with E-state index in [1.165, 1.54) is 6.42 Å². The molecule has 0 aromatic rings. The molecule has 17 heavy (non-hydrogen) atoms. The highest BCUT2D eigenvalue weighted by Gasteiger charge is 2.36. The molecule has 4 nitrogen and oxygen atoms in total. The van der Waals surface area contributed by atoms with E-state index in [1.54, 1.807) is 7.11 Å². The first-order valence-electron chi connectivity index (χ1n) is 6.45. The lowest BCUT2D eigenvalue weighted by molar-refractivity contribution is -0.0745. The third-order valence-corrected chi connectivity index (χ3v) is 3.23. The summed E-state index contributed by atoms with van der Waals surface area (Å²) in [4.78, 5) is 0. The molecular weight excluding hydrogens is 218 g/mol. The Labute approximate surface area is 105 Å². The van der Waals surface area contributed by atoms with Gasteiger partial charge in [0.15, 0.2) is 0 Å². The van der Waals surface area contributed by atoms with Crippen molar-refractivity contribution in [3.05, 3.63) is 0 Å². The Morgan fingerprint density at radius 2 is 2.00 bits per heavy atom. The fraction of sp³-hybridized carbons (Fsp3) is 1.00. The van der Waals surface area contributed by atoms with Crippen LogP contribution in [0.5, 0.6) is 0 Å². The predicted molar refractivity (Wildman–Crippen MR) is 68.2 cm³/mol. The van der Waals surface area contributed by atoms with Crippen molar-refractivity contribution >= 4 is 0 Å². The Morgan fingerprint density at radius 3 is 2.41 bits per heavy atom. The molecule has 102 valence electrons. The zero-order valence-electron chi connectivity index (χ0n) is 11.6. The molecule has 1 aliphatic carbocycles. The highest BCUT2D eigenvalue weighted by molar-refractivity contribution is 4.91. The van der Waals surface area contributed by atoms with Crippen LogP contribution < -0.4 is 5.32 Å². The molecule has 1 rings (SSSR count). The zero-order chi connectivity index (χ0) is 12.9. The van der Waals surface area contributed by atoms with Crippen LogP contribution in [0.2, 0.25) is 0 Å². The lowest BCUT2D eigenvalue weighted by Crippen LogP contribution is -2.49. The van der Waals surface area contributed by atoms with Crippen molar-refractivity contribution in [2.75, 3.05) is 26.8 Å². The van der Waals surface area contributed by atoms with Crippen molar-refractivity contribution in [1.82, 2.24) is 5.32 Å². The van der Waals surface area contributed by atoms with Gasteiger partial charge in [-0.2, -0.15) is 0 Å². The van der Waals surface area contributed by atoms with Crippen molar-refractivity contribution in [1.29, 1.82) is 0 Å². The molecule has 0 aliphatic heterocycles. The summed E-state index contributed by atoms with van der Waals surface area (Å²) in [5, 5.41) is 13.0. The second kappa shape index (κ2) is 6.14. The molecule has 0 radical (unpaired) electrons. The van der Waals surface area contributed by atoms with E-state index in [0.29, 0.717) is 13.2 Å². The van der Waals surface area contributed by atoms with Crippen molar-refractivity contribution in [3.8, 4) is 0 Å². The first kappa shape index (κ1) is 14.9. The van der Waals surface area contributed by atoms with Gasteiger partial charge in [0.2, 0.25) is 0 Å². The van der Waals surface area contributed by atoms with Gasteiger partial charge in [-0.05, 0) is 40.0 Å². The summed E-state index contributed by atoms with van der Waals surface area (Å²) in [7, 11) is 1.76. The number of aliphatic hydroxyl groups is 1. The molecule has 0 amide bonds. The SMILES string of the molecule is COC1(CNCC(O)COC(C)(C)C)CCC1. The van der Waals surface area contributed by atoms with Gasteiger partial charge < -0.3 is 19.9 Å². The Morgan fingerprint density at radius 1 is 1.35 bits per heavy atom. The average Bonchev–Trinajstić information content (AvgIpc) is 2.18. The summed E-state index contributed by atoms with van der Waals surface area (Å²) >= 11 is 0. The number of methoxy groups -OCH3 is 1. The summed E-state index contributed by atoms with van der Waals surface area (Å²) in [6.45, 7) is 7.71. The van der Waals surface area contributed by atoms with Gasteiger partial charge in [-0.3, -0.25) is 0 Å². The molecule has 1 fully saturated rings. The van der Waals surface area contributed by atoms with Gasteiger partial charge >= 0.3 is 0 Å². The minimum atomic E-state index is -0.455. The third-order valence-electron chi connectivity index (χ3n) is 3.23. The van der Waals surface area contributed by atoms with E-state index in [4.69, 9.17) is 9.47 Å². The molecule has 0 heterocycles. The van der Waals surface area contributed by atoms with Crippen molar-refractivity contribution in [2.24, 2.45) is 0 Å². The van der Waals surface area contributed by atoms with E-state index in [2.05, 4.69) is 5.32 Å². The van der Waals surface area contributed by atoms with E-state index < -0.39 is 6.10 Å². The van der Waals surface area contributed by atoms with Gasteiger partial charge in [-0.25, -0.2) is 0 Å². The second-order valence-corrected chi connectivity index (χ2v) is 5.95. The number of nitrogens with one attached hydrogen (secondary N) is 1. The van der Waals surface area contributed by atoms with Crippen molar-refractivity contribution in [3.63, 3.8) is 0 Å². The van der Waals surface area contributed by atoms with Gasteiger partial charge in [0, 0.05) is 20.2 Å². The maximum atomic E-state index is 9.74. The molecule has 1 saturated carbocycles. The number of hydrogen-bond acceptors (Lipinski definition) is 4. The van der Waals surface area contributed by atoms with Gasteiger partial charge in [-0.15, -0.1) is 0 Å². The van der Waals surface area contributed by atoms with E-state index in [1.807, 2.05) is 20.8 Å². The normalized spacial score (nSPS) is 21.0. The maximum absolute atomic E-state index is 9.74. The van der Waals surface area contributed by atoms with Crippen LogP contribution >= 0.6 is 0 Å². The summed E-state index contributed by atoms with van der Waals surface area (Å²) in [5.74, 6) is 0. The van der Waals surface area contributed by atoms with Crippen LogP contribution in [-0.4, -0.2) is 49.2 Å². The largest absolute Gasteiger partial charge is 0.389 e. The predicted octanol–water partition coefficient (Wildman–Crippen LogP) is 1.32. The molecule has 1 atom stereocenters. The smallest absolute Gasteiger partial charge is 0.0897 e. The minimum absolute atomic E-state index is 0.0185. The number of aliphatic hydroxyl groups excluding tert-OH is 1. The van der Waals surface area contributed by atoms with Gasteiger partial charge in [0.1, 0.15) is 0 Å². The van der Waals surface area contributed by atoms with Crippen LogP contribution in [0.25, 0.3) is 0 Å². The zero-order valence-corrected chi connectivity index (χ0v) is 11.6. The monoisotopic (exact) mass is 245 g/mol. The molecule has 0 saturated heterocycles. The number of hydrogen-bond donors (Lipinski definition) is 2. The van der Waals surface area contributed by atoms with Crippen LogP contribution in [0.1, 0.15) is 40.0 Å². The Kier molecular flexibility index (Phi) is 5.38. The Balaban J connectivity index is 2.09. The molecule has 0 aromatic carbocycles. The first-order chi connectivity index (χ1) is 7.87. The molecule has 0 spiro atoms. The molecule has 1 unspecified atom stereocenters. The standard InChI is InChI=1S/C13H27NO3/c1-12(2,3)17-9-11(15)8-14-10-13(16-4)6-5-7-13/h11,14-15H,5-10H2,1-4H3. The lowest BCUT2D eigenvalue weighted by atomic mass is 9.80. The van der Waals surface area contributed by atoms with E-state index >= 15 is 0 Å². The third kappa shape index (κ3) is 5.34. The Hall–Kier alpha value is -0.160. The molecule has 2 N–H and O–H groups in total. The summed E-state index contributed by atoms with van der Waals surface area (Å²) in [5.41, 5.74) is -0.173. The van der Waals surface area contributed by atoms with Crippen LogP contribution in [-0.2, 0) is 9.47 Å². The molecule has 0 aromatic heterocycles. The topological polar surface area (TPSA) is 50.7 Å². The molecule has 4 heteroatoms. The fourth-order valence-electron chi connectivity index (χ4n) is 1.90. The van der Waals surface area contributed by atoms with E-state index in [9.17, 15) is 5.11 Å². The minimum Gasteiger partial charge on any atom is -0.389 e. The van der Waals surface area contributed by atoms with Crippen molar-refractivity contribution in [2.45, 2.75) is 57.3 Å². The molecule has 1 aliphatic rings. The van der Waals surface area contributed by atoms with Crippen LogP contribution in [0, 0.1) is 0 Å². The summed E-state index contributed by atoms with van der Waals surface area (Å²) in [6, 6.07) is 0. The second-order valence-electron chi connectivity index (χ2n) is 5.95. The first-order valence-corrected chi connectivity index (χ1v) is 6.45. The average molecular weight is 245 g/mol. The summed E-state index contributed by atoms with van der Waals surface area (Å²) < 4.78 is 11.0. The highest BCUT2D eigenvalue weighted by atomic mass is 16.5. The van der Waals surface area contributed by atoms with Gasteiger partial charge in [0.05, 0.1) is 23.9 Å². The lowest BCUT2D eigenvalue weighted by Gasteiger charge is -2.40. The molecular formula is C13H27NO3. The van der Waals surface area contributed by atoms with Crippen LogP contribution in [0.3, 0.4) is 0 Å². The molecule has 0 bridgehead atoms. The van der Waals surface area contributed by atoms with Crippen molar-refractivity contribution < 1.29 is 14.6 Å². The fourth-order valence-corrected chi connectivity index (χ4v) is 1.90. The Bertz CT molecular complexity index is 216. The summed E-state index contributed by atoms with van der Waals surface area (Å²) in [6.07, 6.45) is 3.02. The maximum Gasteiger partial charge on any atom is 0.0897 e. The van der Waals surface area contributed by atoms with Gasteiger partial charge in [-0.1, -0.05) is 0 Å². The number of rotatable bonds is 7. The van der Waals surface area contributed by atoms with E-state index in [0.717, 1.165) is 19.4 Å². The quantitative estimate of drug-likeness (QED) is 0.710. The number of ether oxygens (including phenoxy) is 2. The van der Waals surface area contributed by atoms with Gasteiger partial charge in [0.25, 0.3) is 0 Å². The highest BCUT2D eigenvalue weighted by Crippen LogP contribution is 2.34.